The van der Waals surface area contributed by atoms with Crippen molar-refractivity contribution in [3.05, 3.63) is 89.5 Å². The molecule has 0 radical (unpaired) electrons. The quantitative estimate of drug-likeness (QED) is 0.344. The van der Waals surface area contributed by atoms with Gasteiger partial charge in [-0.3, -0.25) is 5.10 Å². The SMILES string of the molecule is C[C@H](NC1CCC(c2[nH]nc(-c3ccc(Cl)cc3)c2-c2ccncn2)CC1)c1ccccc1. The molecule has 2 heterocycles. The normalized spacial score (nSPS) is 19.3. The van der Waals surface area contributed by atoms with Gasteiger partial charge in [0.05, 0.1) is 5.69 Å². The molecule has 5 nitrogen and oxygen atoms in total. The van der Waals surface area contributed by atoms with Crippen molar-refractivity contribution in [1.82, 2.24) is 25.5 Å². The van der Waals surface area contributed by atoms with Crippen LogP contribution in [0.15, 0.2) is 73.2 Å². The third-order valence-corrected chi connectivity index (χ3v) is 6.92. The molecule has 2 N–H and O–H groups in total. The average Bonchev–Trinajstić information content (AvgIpc) is 3.31. The van der Waals surface area contributed by atoms with Gasteiger partial charge in [0.15, 0.2) is 0 Å². The Morgan fingerprint density at radius 3 is 2.42 bits per heavy atom. The maximum absolute atomic E-state index is 6.12. The lowest BCUT2D eigenvalue weighted by Crippen LogP contribution is -2.34. The molecule has 0 aliphatic heterocycles. The summed E-state index contributed by atoms with van der Waals surface area (Å²) in [6, 6.07) is 21.3. The molecule has 1 fully saturated rings. The van der Waals surface area contributed by atoms with E-state index in [9.17, 15) is 0 Å². The van der Waals surface area contributed by atoms with E-state index in [1.807, 2.05) is 30.3 Å². The Bertz CT molecular complexity index is 1170. The van der Waals surface area contributed by atoms with E-state index >= 15 is 0 Å². The van der Waals surface area contributed by atoms with Gasteiger partial charge in [-0.2, -0.15) is 5.10 Å². The average molecular weight is 458 g/mol. The van der Waals surface area contributed by atoms with Gasteiger partial charge in [-0.15, -0.1) is 0 Å². The van der Waals surface area contributed by atoms with E-state index in [4.69, 9.17) is 16.7 Å². The van der Waals surface area contributed by atoms with Crippen molar-refractivity contribution in [2.45, 2.75) is 50.6 Å². The molecule has 168 valence electrons. The predicted molar refractivity (Wildman–Crippen MR) is 133 cm³/mol. The number of rotatable bonds is 6. The first-order chi connectivity index (χ1) is 16.2. The molecule has 0 saturated heterocycles. The summed E-state index contributed by atoms with van der Waals surface area (Å²) < 4.78 is 0. The number of halogens is 1. The lowest BCUT2D eigenvalue weighted by molar-refractivity contribution is 0.319. The summed E-state index contributed by atoms with van der Waals surface area (Å²) in [6.45, 7) is 2.25. The zero-order chi connectivity index (χ0) is 22.6. The van der Waals surface area contributed by atoms with Crippen LogP contribution in [0.2, 0.25) is 5.02 Å². The minimum absolute atomic E-state index is 0.355. The number of hydrogen-bond donors (Lipinski definition) is 2. The van der Waals surface area contributed by atoms with Crippen molar-refractivity contribution < 1.29 is 0 Å². The van der Waals surface area contributed by atoms with Crippen LogP contribution in [0.5, 0.6) is 0 Å². The highest BCUT2D eigenvalue weighted by Gasteiger charge is 2.29. The molecule has 5 rings (SSSR count). The Labute approximate surface area is 199 Å². The first kappa shape index (κ1) is 21.8. The molecule has 1 atom stereocenters. The predicted octanol–water partition coefficient (Wildman–Crippen LogP) is 6.56. The zero-order valence-corrected chi connectivity index (χ0v) is 19.5. The Hall–Kier alpha value is -3.02. The third-order valence-electron chi connectivity index (χ3n) is 6.67. The summed E-state index contributed by atoms with van der Waals surface area (Å²) in [5, 5.41) is 12.7. The van der Waals surface area contributed by atoms with Gasteiger partial charge in [0, 0.05) is 46.0 Å². The molecule has 4 aromatic rings. The Kier molecular flexibility index (Phi) is 6.51. The van der Waals surface area contributed by atoms with E-state index in [-0.39, 0.29) is 0 Å². The van der Waals surface area contributed by atoms with Gasteiger partial charge < -0.3 is 5.32 Å². The second-order valence-electron chi connectivity index (χ2n) is 8.81. The molecule has 0 spiro atoms. The minimum Gasteiger partial charge on any atom is -0.307 e. The van der Waals surface area contributed by atoms with Crippen LogP contribution >= 0.6 is 11.6 Å². The fraction of sp³-hybridized carbons (Fsp3) is 0.296. The van der Waals surface area contributed by atoms with E-state index in [1.165, 1.54) is 11.3 Å². The summed E-state index contributed by atoms with van der Waals surface area (Å²) in [6.07, 6.45) is 7.89. The standard InChI is InChI=1S/C27H28ClN5/c1-18(19-5-3-2-4-6-19)31-23-13-9-21(10-14-23)27-25(24-15-16-29-17-30-24)26(32-33-27)20-7-11-22(28)12-8-20/h2-8,11-12,15-18,21,23,31H,9-10,13-14H2,1H3,(H,32,33)/t18-,21?,23?/m0/s1. The Morgan fingerprint density at radius 1 is 0.970 bits per heavy atom. The van der Waals surface area contributed by atoms with Crippen molar-refractivity contribution in [2.24, 2.45) is 0 Å². The maximum Gasteiger partial charge on any atom is 0.116 e. The number of nitrogens with zero attached hydrogens (tertiary/aromatic N) is 3. The first-order valence-electron chi connectivity index (χ1n) is 11.6. The molecular formula is C27H28ClN5. The van der Waals surface area contributed by atoms with E-state index in [1.54, 1.807) is 12.5 Å². The zero-order valence-electron chi connectivity index (χ0n) is 18.7. The van der Waals surface area contributed by atoms with E-state index in [2.05, 4.69) is 57.6 Å². The van der Waals surface area contributed by atoms with Crippen molar-refractivity contribution in [3.8, 4) is 22.5 Å². The minimum atomic E-state index is 0.355. The largest absolute Gasteiger partial charge is 0.307 e. The highest BCUT2D eigenvalue weighted by molar-refractivity contribution is 6.30. The highest BCUT2D eigenvalue weighted by Crippen LogP contribution is 2.41. The van der Waals surface area contributed by atoms with E-state index < -0.39 is 0 Å². The molecule has 1 aliphatic carbocycles. The summed E-state index contributed by atoms with van der Waals surface area (Å²) in [4.78, 5) is 8.67. The van der Waals surface area contributed by atoms with Gasteiger partial charge in [0.1, 0.15) is 12.0 Å². The first-order valence-corrected chi connectivity index (χ1v) is 12.0. The fourth-order valence-corrected chi connectivity index (χ4v) is 5.03. The molecule has 2 aromatic carbocycles. The molecule has 0 unspecified atom stereocenters. The maximum atomic E-state index is 6.12. The van der Waals surface area contributed by atoms with Gasteiger partial charge in [-0.25, -0.2) is 9.97 Å². The molecule has 2 aromatic heterocycles. The van der Waals surface area contributed by atoms with Crippen LogP contribution in [0.25, 0.3) is 22.5 Å². The molecule has 0 bridgehead atoms. The smallest absolute Gasteiger partial charge is 0.116 e. The fourth-order valence-electron chi connectivity index (χ4n) is 4.91. The van der Waals surface area contributed by atoms with Crippen molar-refractivity contribution in [3.63, 3.8) is 0 Å². The van der Waals surface area contributed by atoms with Crippen LogP contribution in [0.4, 0.5) is 0 Å². The second kappa shape index (κ2) is 9.86. The number of benzene rings is 2. The number of aromatic amines is 1. The van der Waals surface area contributed by atoms with Crippen LogP contribution in [0.1, 0.15) is 55.8 Å². The number of hydrogen-bond acceptors (Lipinski definition) is 4. The van der Waals surface area contributed by atoms with Gasteiger partial charge in [0.2, 0.25) is 0 Å². The van der Waals surface area contributed by atoms with Crippen molar-refractivity contribution in [1.29, 1.82) is 0 Å². The van der Waals surface area contributed by atoms with E-state index in [0.717, 1.165) is 48.2 Å². The number of nitrogens with one attached hydrogen (secondary N) is 2. The Balaban J connectivity index is 1.36. The van der Waals surface area contributed by atoms with Crippen molar-refractivity contribution in [2.75, 3.05) is 0 Å². The van der Waals surface area contributed by atoms with Crippen LogP contribution in [0, 0.1) is 0 Å². The van der Waals surface area contributed by atoms with Gasteiger partial charge >= 0.3 is 0 Å². The third kappa shape index (κ3) is 4.85. The molecule has 1 aliphatic rings. The summed E-state index contributed by atoms with van der Waals surface area (Å²) in [5.74, 6) is 0.425. The van der Waals surface area contributed by atoms with Gasteiger partial charge in [0.25, 0.3) is 0 Å². The molecular weight excluding hydrogens is 430 g/mol. The second-order valence-corrected chi connectivity index (χ2v) is 9.25. The van der Waals surface area contributed by atoms with Crippen LogP contribution in [-0.4, -0.2) is 26.2 Å². The lowest BCUT2D eigenvalue weighted by atomic mass is 9.81. The van der Waals surface area contributed by atoms with Gasteiger partial charge in [-0.05, 0) is 56.4 Å². The highest BCUT2D eigenvalue weighted by atomic mass is 35.5. The summed E-state index contributed by atoms with van der Waals surface area (Å²) in [5.41, 5.74) is 6.44. The van der Waals surface area contributed by atoms with Crippen molar-refractivity contribution >= 4 is 11.6 Å². The molecule has 0 amide bonds. The topological polar surface area (TPSA) is 66.5 Å². The lowest BCUT2D eigenvalue weighted by Gasteiger charge is -2.31. The van der Waals surface area contributed by atoms with E-state index in [0.29, 0.717) is 23.0 Å². The molecule has 1 saturated carbocycles. The van der Waals surface area contributed by atoms with Gasteiger partial charge in [-0.1, -0.05) is 54.1 Å². The van der Waals surface area contributed by atoms with Crippen LogP contribution < -0.4 is 5.32 Å². The summed E-state index contributed by atoms with van der Waals surface area (Å²) in [7, 11) is 0. The monoisotopic (exact) mass is 457 g/mol. The molecule has 33 heavy (non-hydrogen) atoms. The van der Waals surface area contributed by atoms with Crippen LogP contribution in [0.3, 0.4) is 0 Å². The summed E-state index contributed by atoms with van der Waals surface area (Å²) >= 11 is 6.12. The number of aromatic nitrogens is 4. The number of H-pyrrole nitrogens is 1. The molecule has 6 heteroatoms. The Morgan fingerprint density at radius 2 is 1.73 bits per heavy atom. The van der Waals surface area contributed by atoms with Crippen LogP contribution in [-0.2, 0) is 0 Å².